The second kappa shape index (κ2) is 9.72. The maximum Gasteiger partial charge on any atom is 0.327 e. The van der Waals surface area contributed by atoms with Crippen molar-refractivity contribution in [2.45, 2.75) is 33.6 Å². The minimum atomic E-state index is -0.981. The lowest BCUT2D eigenvalue weighted by Crippen LogP contribution is -2.20. The van der Waals surface area contributed by atoms with E-state index in [1.165, 1.54) is 5.57 Å². The van der Waals surface area contributed by atoms with Crippen LogP contribution in [0.2, 0.25) is 0 Å². The molecule has 0 spiro atoms. The van der Waals surface area contributed by atoms with Crippen LogP contribution in [0.1, 0.15) is 33.6 Å². The Labute approximate surface area is 119 Å². The van der Waals surface area contributed by atoms with Crippen molar-refractivity contribution in [1.29, 1.82) is 0 Å². The molecule has 0 atom stereocenters. The Kier molecular flexibility index (Phi) is 9.79. The van der Waals surface area contributed by atoms with E-state index in [9.17, 15) is 14.4 Å². The third-order valence-electron chi connectivity index (χ3n) is 2.17. The fourth-order valence-corrected chi connectivity index (χ4v) is 1.67. The van der Waals surface area contributed by atoms with Gasteiger partial charge < -0.3 is 10.2 Å². The van der Waals surface area contributed by atoms with Gasteiger partial charge >= 0.3 is 11.9 Å². The number of hydrogen-bond donors (Lipinski definition) is 2. The molecule has 1 aliphatic carbocycles. The highest BCUT2D eigenvalue weighted by Crippen LogP contribution is 2.32. The van der Waals surface area contributed by atoms with Gasteiger partial charge in [0.1, 0.15) is 0 Å². The largest absolute Gasteiger partial charge is 0.478 e. The molecule has 0 aromatic carbocycles. The first-order chi connectivity index (χ1) is 9.03. The van der Waals surface area contributed by atoms with Gasteiger partial charge in [-0.3, -0.25) is 4.79 Å². The van der Waals surface area contributed by atoms with Crippen LogP contribution in [0.5, 0.6) is 0 Å². The fourth-order valence-electron chi connectivity index (χ4n) is 1.67. The first-order valence-electron chi connectivity index (χ1n) is 5.94. The summed E-state index contributed by atoms with van der Waals surface area (Å²) < 4.78 is 0. The van der Waals surface area contributed by atoms with Crippen molar-refractivity contribution in [2.24, 2.45) is 5.41 Å². The van der Waals surface area contributed by atoms with Crippen molar-refractivity contribution in [2.75, 3.05) is 0 Å². The Hall–Kier alpha value is -2.17. The van der Waals surface area contributed by atoms with Gasteiger partial charge in [-0.05, 0) is 24.8 Å². The molecule has 0 radical (unpaired) electrons. The SMILES string of the molecule is C=CC(=O)O.C=CC(=O)O.CC1=CC(=O)CC(C)(C)C1. The number of carbonyl (C=O) groups excluding carboxylic acids is 1. The van der Waals surface area contributed by atoms with Crippen LogP contribution in [0, 0.1) is 5.41 Å². The number of carbonyl (C=O) groups is 3. The number of hydrogen-bond acceptors (Lipinski definition) is 3. The van der Waals surface area contributed by atoms with Gasteiger partial charge in [-0.15, -0.1) is 0 Å². The lowest BCUT2D eigenvalue weighted by atomic mass is 9.77. The molecule has 0 unspecified atom stereocenters. The van der Waals surface area contributed by atoms with Crippen molar-refractivity contribution in [1.82, 2.24) is 0 Å². The Morgan fingerprint density at radius 2 is 1.50 bits per heavy atom. The summed E-state index contributed by atoms with van der Waals surface area (Å²) in [6.45, 7) is 12.2. The molecule has 0 aromatic rings. The molecule has 5 nitrogen and oxygen atoms in total. The minimum Gasteiger partial charge on any atom is -0.478 e. The topological polar surface area (TPSA) is 91.7 Å². The van der Waals surface area contributed by atoms with Crippen LogP contribution in [0.25, 0.3) is 0 Å². The lowest BCUT2D eigenvalue weighted by molar-refractivity contribution is -0.132. The molecule has 112 valence electrons. The van der Waals surface area contributed by atoms with E-state index in [2.05, 4.69) is 27.0 Å². The van der Waals surface area contributed by atoms with E-state index in [1.54, 1.807) is 6.08 Å². The Morgan fingerprint density at radius 1 is 1.15 bits per heavy atom. The van der Waals surface area contributed by atoms with Crippen molar-refractivity contribution in [3.05, 3.63) is 37.0 Å². The lowest BCUT2D eigenvalue weighted by Gasteiger charge is -2.27. The zero-order chi connectivity index (χ0) is 16.3. The molecule has 0 fully saturated rings. The van der Waals surface area contributed by atoms with E-state index in [-0.39, 0.29) is 11.2 Å². The predicted molar refractivity (Wildman–Crippen MR) is 77.4 cm³/mol. The van der Waals surface area contributed by atoms with Crippen LogP contribution in [-0.2, 0) is 14.4 Å². The van der Waals surface area contributed by atoms with Gasteiger partial charge in [0.2, 0.25) is 0 Å². The van der Waals surface area contributed by atoms with Gasteiger partial charge in [0.15, 0.2) is 5.78 Å². The molecule has 0 aromatic heterocycles. The van der Waals surface area contributed by atoms with E-state index in [0.717, 1.165) is 18.6 Å². The number of carboxylic acids is 2. The van der Waals surface area contributed by atoms with E-state index >= 15 is 0 Å². The van der Waals surface area contributed by atoms with Crippen LogP contribution in [0.3, 0.4) is 0 Å². The number of allylic oxidation sites excluding steroid dienone is 2. The molecular weight excluding hydrogens is 260 g/mol. The highest BCUT2D eigenvalue weighted by molar-refractivity contribution is 5.91. The monoisotopic (exact) mass is 282 g/mol. The van der Waals surface area contributed by atoms with Gasteiger partial charge in [0.05, 0.1) is 0 Å². The highest BCUT2D eigenvalue weighted by Gasteiger charge is 2.25. The van der Waals surface area contributed by atoms with E-state index < -0.39 is 11.9 Å². The highest BCUT2D eigenvalue weighted by atomic mass is 16.4. The quantitative estimate of drug-likeness (QED) is 0.760. The molecule has 0 heterocycles. The summed E-state index contributed by atoms with van der Waals surface area (Å²) in [7, 11) is 0. The Balaban J connectivity index is 0. The molecule has 5 heteroatoms. The summed E-state index contributed by atoms with van der Waals surface area (Å²) in [6, 6.07) is 0. The minimum absolute atomic E-state index is 0.204. The van der Waals surface area contributed by atoms with Gasteiger partial charge in [0.25, 0.3) is 0 Å². The summed E-state index contributed by atoms with van der Waals surface area (Å²) in [5, 5.41) is 15.2. The van der Waals surface area contributed by atoms with Crippen LogP contribution in [-0.4, -0.2) is 27.9 Å². The number of ketones is 1. The molecule has 0 bridgehead atoms. The summed E-state index contributed by atoms with van der Waals surface area (Å²) in [4.78, 5) is 29.5. The molecule has 2 N–H and O–H groups in total. The van der Waals surface area contributed by atoms with Gasteiger partial charge in [0, 0.05) is 18.6 Å². The van der Waals surface area contributed by atoms with Crippen LogP contribution in [0.15, 0.2) is 37.0 Å². The molecular formula is C15H22O5. The first-order valence-corrected chi connectivity index (χ1v) is 5.94. The maximum atomic E-state index is 11.0. The van der Waals surface area contributed by atoms with Crippen LogP contribution >= 0.6 is 0 Å². The molecule has 1 rings (SSSR count). The van der Waals surface area contributed by atoms with E-state index in [0.29, 0.717) is 6.42 Å². The smallest absolute Gasteiger partial charge is 0.327 e. The molecule has 0 amide bonds. The van der Waals surface area contributed by atoms with Gasteiger partial charge in [-0.1, -0.05) is 32.6 Å². The predicted octanol–water partition coefficient (Wildman–Crippen LogP) is 2.84. The van der Waals surface area contributed by atoms with Gasteiger partial charge in [-0.25, -0.2) is 9.59 Å². The third-order valence-corrected chi connectivity index (χ3v) is 2.17. The summed E-state index contributed by atoms with van der Waals surface area (Å²) in [5.41, 5.74) is 1.43. The summed E-state index contributed by atoms with van der Waals surface area (Å²) in [5.74, 6) is -1.68. The summed E-state index contributed by atoms with van der Waals surface area (Å²) >= 11 is 0. The fraction of sp³-hybridized carbons (Fsp3) is 0.400. The van der Waals surface area contributed by atoms with Crippen molar-refractivity contribution < 1.29 is 24.6 Å². The molecule has 0 saturated carbocycles. The third kappa shape index (κ3) is 13.9. The summed E-state index contributed by atoms with van der Waals surface area (Å²) in [6.07, 6.45) is 5.22. The van der Waals surface area contributed by atoms with Crippen LogP contribution < -0.4 is 0 Å². The number of rotatable bonds is 2. The van der Waals surface area contributed by atoms with E-state index in [1.807, 2.05) is 6.92 Å². The molecule has 1 aliphatic rings. The first kappa shape index (κ1) is 20.2. The second-order valence-electron chi connectivity index (χ2n) is 5.06. The normalized spacial score (nSPS) is 15.3. The number of aliphatic carboxylic acids is 2. The maximum absolute atomic E-state index is 11.0. The van der Waals surface area contributed by atoms with Gasteiger partial charge in [-0.2, -0.15) is 0 Å². The average molecular weight is 282 g/mol. The molecule has 20 heavy (non-hydrogen) atoms. The standard InChI is InChI=1S/C9H14O.2C3H4O2/c1-7-4-8(10)6-9(2,3)5-7;2*1-2-3(4)5/h4H,5-6H2,1-3H3;2*2H,1H2,(H,4,5). The molecule has 0 aliphatic heterocycles. The van der Waals surface area contributed by atoms with E-state index in [4.69, 9.17) is 10.2 Å². The van der Waals surface area contributed by atoms with Crippen LogP contribution in [0.4, 0.5) is 0 Å². The Morgan fingerprint density at radius 3 is 1.70 bits per heavy atom. The zero-order valence-corrected chi connectivity index (χ0v) is 12.2. The second-order valence-corrected chi connectivity index (χ2v) is 5.06. The van der Waals surface area contributed by atoms with Crippen molar-refractivity contribution in [3.63, 3.8) is 0 Å². The van der Waals surface area contributed by atoms with Crippen molar-refractivity contribution in [3.8, 4) is 0 Å². The molecule has 0 saturated heterocycles. The Bertz CT molecular complexity index is 398. The number of carboxylic acid groups (broad SMARTS) is 2. The average Bonchev–Trinajstić information content (AvgIpc) is 2.27. The zero-order valence-electron chi connectivity index (χ0n) is 12.2. The van der Waals surface area contributed by atoms with Crippen molar-refractivity contribution >= 4 is 17.7 Å².